The third-order valence-electron chi connectivity index (χ3n) is 4.76. The smallest absolute Gasteiger partial charge is 0.273 e. The first-order chi connectivity index (χ1) is 8.25. The number of aliphatic hydroxyl groups is 1. The monoisotopic (exact) mass is 250 g/mol. The van der Waals surface area contributed by atoms with E-state index >= 15 is 0 Å². The van der Waals surface area contributed by atoms with Crippen LogP contribution in [0.4, 0.5) is 0 Å². The van der Waals surface area contributed by atoms with Crippen molar-refractivity contribution in [2.45, 2.75) is 25.0 Å². The number of rotatable bonds is 1. The molecule has 17 heavy (non-hydrogen) atoms. The van der Waals surface area contributed by atoms with Gasteiger partial charge in [0.25, 0.3) is 5.91 Å². The van der Waals surface area contributed by atoms with E-state index < -0.39 is 0 Å². The molecule has 1 amide bonds. The molecule has 3 aliphatic rings. The van der Waals surface area contributed by atoms with Crippen LogP contribution in [0.25, 0.3) is 0 Å². The fourth-order valence-electron chi connectivity index (χ4n) is 4.11. The van der Waals surface area contributed by atoms with E-state index in [4.69, 9.17) is 0 Å². The van der Waals surface area contributed by atoms with Gasteiger partial charge in [-0.1, -0.05) is 0 Å². The highest BCUT2D eigenvalue weighted by Gasteiger charge is 2.60. The molecule has 5 unspecified atom stereocenters. The molecule has 0 radical (unpaired) electrons. The van der Waals surface area contributed by atoms with E-state index in [9.17, 15) is 9.90 Å². The Labute approximate surface area is 103 Å². The van der Waals surface area contributed by atoms with Crippen LogP contribution in [0, 0.1) is 17.8 Å². The van der Waals surface area contributed by atoms with E-state index in [0.717, 1.165) is 19.4 Å². The lowest BCUT2D eigenvalue weighted by Gasteiger charge is -2.28. The highest BCUT2D eigenvalue weighted by molar-refractivity contribution is 7.07. The Morgan fingerprint density at radius 2 is 2.35 bits per heavy atom. The molecule has 4 nitrogen and oxygen atoms in total. The second kappa shape index (κ2) is 3.29. The lowest BCUT2D eigenvalue weighted by atomic mass is 9.88. The van der Waals surface area contributed by atoms with Crippen LogP contribution in [-0.2, 0) is 0 Å². The molecule has 2 aliphatic carbocycles. The Kier molecular flexibility index (Phi) is 1.94. The van der Waals surface area contributed by atoms with Crippen LogP contribution in [0.15, 0.2) is 10.9 Å². The summed E-state index contributed by atoms with van der Waals surface area (Å²) in [6.07, 6.45) is 1.90. The summed E-state index contributed by atoms with van der Waals surface area (Å²) in [6, 6.07) is 0.0629. The van der Waals surface area contributed by atoms with Gasteiger partial charge in [-0.15, -0.1) is 11.3 Å². The van der Waals surface area contributed by atoms with Crippen molar-refractivity contribution in [3.63, 3.8) is 0 Å². The molecule has 5 atom stereocenters. The summed E-state index contributed by atoms with van der Waals surface area (Å²) < 4.78 is 0. The number of carbonyl (C=O) groups is 1. The van der Waals surface area contributed by atoms with Gasteiger partial charge in [0.1, 0.15) is 5.69 Å². The van der Waals surface area contributed by atoms with Crippen molar-refractivity contribution in [1.29, 1.82) is 0 Å². The van der Waals surface area contributed by atoms with Gasteiger partial charge in [0.15, 0.2) is 0 Å². The third-order valence-corrected chi connectivity index (χ3v) is 5.35. The fourth-order valence-corrected chi connectivity index (χ4v) is 4.64. The maximum Gasteiger partial charge on any atom is 0.273 e. The summed E-state index contributed by atoms with van der Waals surface area (Å²) in [5.41, 5.74) is 2.22. The third kappa shape index (κ3) is 1.21. The molecule has 0 aromatic carbocycles. The molecule has 1 aliphatic heterocycles. The number of carbonyl (C=O) groups excluding carboxylic acids is 1. The van der Waals surface area contributed by atoms with Gasteiger partial charge in [-0.25, -0.2) is 4.98 Å². The maximum atomic E-state index is 12.3. The van der Waals surface area contributed by atoms with Crippen LogP contribution in [0.5, 0.6) is 0 Å². The van der Waals surface area contributed by atoms with E-state index in [1.165, 1.54) is 11.3 Å². The lowest BCUT2D eigenvalue weighted by Crippen LogP contribution is -2.43. The second-order valence-corrected chi connectivity index (χ2v) is 6.19. The molecule has 1 aromatic rings. The highest BCUT2D eigenvalue weighted by atomic mass is 32.1. The zero-order valence-corrected chi connectivity index (χ0v) is 10.1. The van der Waals surface area contributed by atoms with Gasteiger partial charge in [0.05, 0.1) is 17.7 Å². The number of amides is 1. The molecule has 2 saturated carbocycles. The van der Waals surface area contributed by atoms with Crippen molar-refractivity contribution < 1.29 is 9.90 Å². The number of hydrogen-bond acceptors (Lipinski definition) is 4. The van der Waals surface area contributed by atoms with Gasteiger partial charge in [0.2, 0.25) is 0 Å². The van der Waals surface area contributed by atoms with Gasteiger partial charge in [-0.3, -0.25) is 4.79 Å². The standard InChI is InChI=1S/C12H14N2O2S/c15-11-6-1-7-3-14(10(11)8(7)2-6)12(16)9-4-17-5-13-9/h4-8,10-11,15H,1-3H2. The van der Waals surface area contributed by atoms with Crippen molar-refractivity contribution in [1.82, 2.24) is 9.88 Å². The molecule has 90 valence electrons. The Morgan fingerprint density at radius 3 is 3.06 bits per heavy atom. The zero-order valence-electron chi connectivity index (χ0n) is 9.32. The molecule has 3 fully saturated rings. The summed E-state index contributed by atoms with van der Waals surface area (Å²) >= 11 is 1.44. The number of thiazole rings is 1. The van der Waals surface area contributed by atoms with Gasteiger partial charge in [0, 0.05) is 11.9 Å². The van der Waals surface area contributed by atoms with Crippen LogP contribution in [-0.4, -0.2) is 39.6 Å². The molecule has 5 heteroatoms. The minimum atomic E-state index is -0.304. The largest absolute Gasteiger partial charge is 0.391 e. The Hall–Kier alpha value is -0.940. The van der Waals surface area contributed by atoms with E-state index in [0.29, 0.717) is 23.4 Å². The van der Waals surface area contributed by atoms with E-state index in [-0.39, 0.29) is 18.1 Å². The van der Waals surface area contributed by atoms with Crippen molar-refractivity contribution in [2.75, 3.05) is 6.54 Å². The predicted molar refractivity (Wildman–Crippen MR) is 62.6 cm³/mol. The van der Waals surface area contributed by atoms with Crippen LogP contribution >= 0.6 is 11.3 Å². The Balaban J connectivity index is 1.66. The number of aliphatic hydroxyl groups excluding tert-OH is 1. The number of aromatic nitrogens is 1. The van der Waals surface area contributed by atoms with E-state index in [2.05, 4.69) is 4.98 Å². The summed E-state index contributed by atoms with van der Waals surface area (Å²) in [7, 11) is 0. The normalized spacial score (nSPS) is 42.4. The van der Waals surface area contributed by atoms with Gasteiger partial charge < -0.3 is 10.0 Å². The van der Waals surface area contributed by atoms with Crippen LogP contribution in [0.2, 0.25) is 0 Å². The molecule has 0 spiro atoms. The lowest BCUT2D eigenvalue weighted by molar-refractivity contribution is 0.0398. The number of fused-ring (bicyclic) bond motifs is 1. The van der Waals surface area contributed by atoms with Crippen molar-refractivity contribution in [3.8, 4) is 0 Å². The van der Waals surface area contributed by atoms with E-state index in [1.54, 1.807) is 10.9 Å². The number of nitrogens with zero attached hydrogens (tertiary/aromatic N) is 2. The molecule has 1 aromatic heterocycles. The van der Waals surface area contributed by atoms with Gasteiger partial charge in [-0.2, -0.15) is 0 Å². The highest BCUT2D eigenvalue weighted by Crippen LogP contribution is 2.55. The molecular weight excluding hydrogens is 236 g/mol. The average Bonchev–Trinajstić information content (AvgIpc) is 3.02. The first-order valence-electron chi connectivity index (χ1n) is 6.13. The van der Waals surface area contributed by atoms with Crippen molar-refractivity contribution in [3.05, 3.63) is 16.6 Å². The predicted octanol–water partition coefficient (Wildman–Crippen LogP) is 0.984. The first kappa shape index (κ1) is 10.0. The quantitative estimate of drug-likeness (QED) is 0.808. The zero-order chi connectivity index (χ0) is 11.6. The van der Waals surface area contributed by atoms with Crippen molar-refractivity contribution >= 4 is 17.2 Å². The summed E-state index contributed by atoms with van der Waals surface area (Å²) in [5.74, 6) is 1.60. The molecule has 4 rings (SSSR count). The van der Waals surface area contributed by atoms with Crippen LogP contribution in [0.1, 0.15) is 23.3 Å². The molecule has 1 saturated heterocycles. The van der Waals surface area contributed by atoms with Crippen LogP contribution in [0.3, 0.4) is 0 Å². The molecule has 2 heterocycles. The maximum absolute atomic E-state index is 12.3. The SMILES string of the molecule is O=C(c1cscn1)N1CC2CC3CC2C1C3O. The summed E-state index contributed by atoms with van der Waals surface area (Å²) in [5, 5.41) is 12.0. The number of likely N-dealkylation sites (tertiary alicyclic amines) is 1. The minimum absolute atomic E-state index is 0.00495. The Morgan fingerprint density at radius 1 is 1.47 bits per heavy atom. The van der Waals surface area contributed by atoms with Crippen molar-refractivity contribution in [2.24, 2.45) is 17.8 Å². The Bertz CT molecular complexity index is 459. The molecule has 1 N–H and O–H groups in total. The minimum Gasteiger partial charge on any atom is -0.391 e. The average molecular weight is 250 g/mol. The topological polar surface area (TPSA) is 53.4 Å². The van der Waals surface area contributed by atoms with Crippen LogP contribution < -0.4 is 0 Å². The second-order valence-electron chi connectivity index (χ2n) is 5.47. The summed E-state index contributed by atoms with van der Waals surface area (Å²) in [6.45, 7) is 0.819. The fraction of sp³-hybridized carbons (Fsp3) is 0.667. The molecular formula is C12H14N2O2S. The van der Waals surface area contributed by atoms with Gasteiger partial charge >= 0.3 is 0 Å². The van der Waals surface area contributed by atoms with Gasteiger partial charge in [-0.05, 0) is 30.6 Å². The first-order valence-corrected chi connectivity index (χ1v) is 7.07. The number of hydrogen-bond donors (Lipinski definition) is 1. The molecule has 2 bridgehead atoms. The van der Waals surface area contributed by atoms with E-state index in [1.807, 2.05) is 4.90 Å². The summed E-state index contributed by atoms with van der Waals surface area (Å²) in [4.78, 5) is 18.3.